The van der Waals surface area contributed by atoms with Crippen molar-refractivity contribution in [2.45, 2.75) is 19.4 Å². The number of carbonyl (C=O) groups excluding carboxylic acids is 1. The molecule has 2 heterocycles. The number of methoxy groups -OCH3 is 2. The van der Waals surface area contributed by atoms with Crippen LogP contribution in [0.2, 0.25) is 5.02 Å². The number of amides is 1. The van der Waals surface area contributed by atoms with Crippen molar-refractivity contribution in [1.29, 1.82) is 0 Å². The van der Waals surface area contributed by atoms with E-state index in [1.54, 1.807) is 49.5 Å². The Morgan fingerprint density at radius 1 is 0.946 bits per heavy atom. The molecule has 0 fully saturated rings. The number of nitrogens with zero attached hydrogens (tertiary/aromatic N) is 1. The zero-order chi connectivity index (χ0) is 26.1. The smallest absolute Gasteiger partial charge is 0.290 e. The number of hydrogen-bond donors (Lipinski definition) is 0. The maximum Gasteiger partial charge on any atom is 0.290 e. The van der Waals surface area contributed by atoms with Crippen LogP contribution in [-0.2, 0) is 6.42 Å². The largest absolute Gasteiger partial charge is 0.497 e. The molecule has 7 nitrogen and oxygen atoms in total. The summed E-state index contributed by atoms with van der Waals surface area (Å²) in [4.78, 5) is 29.1. The molecule has 1 aliphatic heterocycles. The third kappa shape index (κ3) is 4.51. The predicted molar refractivity (Wildman–Crippen MR) is 141 cm³/mol. The molecule has 1 aliphatic rings. The fraction of sp³-hybridized carbons (Fsp3) is 0.241. The maximum absolute atomic E-state index is 13.7. The number of rotatable bonds is 8. The SMILES string of the molecule is CCOc1ccc(C2c3c(oc4ccc(Cl)cc4c3=O)C(=O)N2CCc2ccc(OC)cc2)cc1OC. The molecular weight excluding hydrogens is 494 g/mol. The number of hydrogen-bond acceptors (Lipinski definition) is 6. The number of halogens is 1. The van der Waals surface area contributed by atoms with Crippen LogP contribution in [0.4, 0.5) is 0 Å². The van der Waals surface area contributed by atoms with Crippen molar-refractivity contribution in [2.24, 2.45) is 0 Å². The lowest BCUT2D eigenvalue weighted by molar-refractivity contribution is 0.0730. The van der Waals surface area contributed by atoms with Crippen LogP contribution < -0.4 is 19.6 Å². The Morgan fingerprint density at radius 3 is 2.43 bits per heavy atom. The van der Waals surface area contributed by atoms with Gasteiger partial charge >= 0.3 is 0 Å². The monoisotopic (exact) mass is 519 g/mol. The quantitative estimate of drug-likeness (QED) is 0.299. The second-order valence-electron chi connectivity index (χ2n) is 8.66. The standard InChI is InChI=1S/C29H26ClNO6/c1-4-36-23-11-7-18(15-24(23)35-3)26-25-27(32)21-16-19(30)8-12-22(21)37-28(25)29(33)31(26)14-13-17-5-9-20(34-2)10-6-17/h5-12,15-16,26H,4,13-14H2,1-3H3. The first-order chi connectivity index (χ1) is 17.9. The molecule has 0 N–H and O–H groups in total. The van der Waals surface area contributed by atoms with Gasteiger partial charge in [-0.1, -0.05) is 29.8 Å². The second-order valence-corrected chi connectivity index (χ2v) is 9.09. The van der Waals surface area contributed by atoms with Gasteiger partial charge in [0.2, 0.25) is 5.76 Å². The Morgan fingerprint density at radius 2 is 1.73 bits per heavy atom. The molecule has 190 valence electrons. The minimum Gasteiger partial charge on any atom is -0.497 e. The van der Waals surface area contributed by atoms with Gasteiger partial charge in [0.1, 0.15) is 11.3 Å². The van der Waals surface area contributed by atoms with Crippen LogP contribution in [0.5, 0.6) is 17.2 Å². The van der Waals surface area contributed by atoms with Gasteiger partial charge in [0.25, 0.3) is 5.91 Å². The van der Waals surface area contributed by atoms with Crippen LogP contribution in [0.25, 0.3) is 11.0 Å². The van der Waals surface area contributed by atoms with Crippen molar-refractivity contribution in [1.82, 2.24) is 4.90 Å². The molecule has 8 heteroatoms. The van der Waals surface area contributed by atoms with Crippen LogP contribution in [0.15, 0.2) is 69.9 Å². The summed E-state index contributed by atoms with van der Waals surface area (Å²) in [7, 11) is 3.17. The Bertz CT molecular complexity index is 1530. The van der Waals surface area contributed by atoms with Gasteiger partial charge in [-0.25, -0.2) is 0 Å². The highest BCUT2D eigenvalue weighted by Crippen LogP contribution is 2.41. The van der Waals surface area contributed by atoms with Gasteiger partial charge in [-0.2, -0.15) is 0 Å². The van der Waals surface area contributed by atoms with Crippen LogP contribution in [0, 0.1) is 0 Å². The lowest BCUT2D eigenvalue weighted by Crippen LogP contribution is -2.31. The minimum atomic E-state index is -0.662. The van der Waals surface area contributed by atoms with E-state index in [0.717, 1.165) is 16.9 Å². The van der Waals surface area contributed by atoms with Gasteiger partial charge < -0.3 is 23.5 Å². The lowest BCUT2D eigenvalue weighted by Gasteiger charge is -2.26. The fourth-order valence-electron chi connectivity index (χ4n) is 4.74. The normalized spacial score (nSPS) is 14.6. The first-order valence-electron chi connectivity index (χ1n) is 12.0. The summed E-state index contributed by atoms with van der Waals surface area (Å²) in [6, 6.07) is 17.3. The highest BCUT2D eigenvalue weighted by atomic mass is 35.5. The molecular formula is C29H26ClNO6. The number of benzene rings is 3. The molecule has 3 aromatic carbocycles. The summed E-state index contributed by atoms with van der Waals surface area (Å²) in [5.74, 6) is 1.57. The molecule has 0 aliphatic carbocycles. The van der Waals surface area contributed by atoms with Crippen LogP contribution >= 0.6 is 11.6 Å². The maximum atomic E-state index is 13.7. The Hall–Kier alpha value is -3.97. The van der Waals surface area contributed by atoms with E-state index in [1.165, 1.54) is 0 Å². The van der Waals surface area contributed by atoms with E-state index in [2.05, 4.69) is 0 Å². The summed E-state index contributed by atoms with van der Waals surface area (Å²) < 4.78 is 22.5. The van der Waals surface area contributed by atoms with Crippen molar-refractivity contribution in [2.75, 3.05) is 27.4 Å². The lowest BCUT2D eigenvalue weighted by atomic mass is 9.97. The van der Waals surface area contributed by atoms with Crippen LogP contribution in [0.1, 0.15) is 40.2 Å². The van der Waals surface area contributed by atoms with Gasteiger partial charge in [-0.15, -0.1) is 0 Å². The Balaban J connectivity index is 1.62. The van der Waals surface area contributed by atoms with E-state index >= 15 is 0 Å². The molecule has 0 spiro atoms. The highest BCUT2D eigenvalue weighted by Gasteiger charge is 2.42. The Labute approximate surface area is 219 Å². The summed E-state index contributed by atoms with van der Waals surface area (Å²) in [6.07, 6.45) is 0.577. The summed E-state index contributed by atoms with van der Waals surface area (Å²) >= 11 is 6.18. The number of fused-ring (bicyclic) bond motifs is 2. The molecule has 37 heavy (non-hydrogen) atoms. The fourth-order valence-corrected chi connectivity index (χ4v) is 4.91. The molecule has 1 unspecified atom stereocenters. The number of carbonyl (C=O) groups is 1. The average molecular weight is 520 g/mol. The van der Waals surface area contributed by atoms with Gasteiger partial charge in [0.15, 0.2) is 16.9 Å². The predicted octanol–water partition coefficient (Wildman–Crippen LogP) is 5.65. The molecule has 1 aromatic heterocycles. The van der Waals surface area contributed by atoms with Crippen molar-refractivity contribution in [3.8, 4) is 17.2 Å². The van der Waals surface area contributed by atoms with Crippen molar-refractivity contribution in [3.05, 3.63) is 98.4 Å². The number of ether oxygens (including phenoxy) is 3. The van der Waals surface area contributed by atoms with Gasteiger partial charge in [0.05, 0.1) is 37.8 Å². The van der Waals surface area contributed by atoms with E-state index in [0.29, 0.717) is 52.6 Å². The van der Waals surface area contributed by atoms with E-state index in [1.807, 2.05) is 37.3 Å². The highest BCUT2D eigenvalue weighted by molar-refractivity contribution is 6.31. The molecule has 0 saturated heterocycles. The average Bonchev–Trinajstić information content (AvgIpc) is 3.20. The van der Waals surface area contributed by atoms with Crippen molar-refractivity contribution in [3.63, 3.8) is 0 Å². The van der Waals surface area contributed by atoms with Gasteiger partial charge in [-0.05, 0) is 66.9 Å². The molecule has 1 amide bonds. The summed E-state index contributed by atoms with van der Waals surface area (Å²) in [5, 5.41) is 0.749. The molecule has 5 rings (SSSR count). The second kappa shape index (κ2) is 10.2. The Kier molecular flexibility index (Phi) is 6.80. The van der Waals surface area contributed by atoms with Crippen LogP contribution in [-0.4, -0.2) is 38.2 Å². The van der Waals surface area contributed by atoms with Gasteiger partial charge in [-0.3, -0.25) is 9.59 Å². The van der Waals surface area contributed by atoms with Crippen LogP contribution in [0.3, 0.4) is 0 Å². The van der Waals surface area contributed by atoms with E-state index in [4.69, 9.17) is 30.2 Å². The first kappa shape index (κ1) is 24.7. The molecule has 0 saturated carbocycles. The van der Waals surface area contributed by atoms with E-state index in [9.17, 15) is 9.59 Å². The van der Waals surface area contributed by atoms with E-state index in [-0.39, 0.29) is 17.1 Å². The van der Waals surface area contributed by atoms with Gasteiger partial charge in [0, 0.05) is 11.6 Å². The molecule has 0 bridgehead atoms. The third-order valence-corrected chi connectivity index (χ3v) is 6.77. The summed E-state index contributed by atoms with van der Waals surface area (Å²) in [5.41, 5.74) is 2.08. The first-order valence-corrected chi connectivity index (χ1v) is 12.3. The zero-order valence-corrected chi connectivity index (χ0v) is 21.5. The molecule has 1 atom stereocenters. The van der Waals surface area contributed by atoms with Crippen molar-refractivity contribution < 1.29 is 23.4 Å². The third-order valence-electron chi connectivity index (χ3n) is 6.53. The zero-order valence-electron chi connectivity index (χ0n) is 20.7. The topological polar surface area (TPSA) is 78.2 Å². The minimum absolute atomic E-state index is 0.0485. The van der Waals surface area contributed by atoms with E-state index < -0.39 is 6.04 Å². The molecule has 0 radical (unpaired) electrons. The summed E-state index contributed by atoms with van der Waals surface area (Å²) in [6.45, 7) is 2.73. The van der Waals surface area contributed by atoms with Crippen molar-refractivity contribution >= 4 is 28.5 Å². The molecule has 4 aromatic rings.